The van der Waals surface area contributed by atoms with Crippen molar-refractivity contribution in [1.82, 2.24) is 19.7 Å². The molecule has 26 heavy (non-hydrogen) atoms. The number of pyridine rings is 1. The lowest BCUT2D eigenvalue weighted by molar-refractivity contribution is 0.0992. The second-order valence-corrected chi connectivity index (χ2v) is 5.77. The Kier molecular flexibility index (Phi) is 4.65. The molecule has 1 aliphatic rings. The second-order valence-electron chi connectivity index (χ2n) is 5.77. The van der Waals surface area contributed by atoms with E-state index in [-0.39, 0.29) is 24.1 Å². The number of aryl methyl sites for hydroxylation is 1. The summed E-state index contributed by atoms with van der Waals surface area (Å²) in [4.78, 5) is 29.9. The maximum atomic E-state index is 12.6. The third kappa shape index (κ3) is 3.13. The lowest BCUT2D eigenvalue weighted by atomic mass is 10.1. The van der Waals surface area contributed by atoms with Crippen molar-refractivity contribution in [2.24, 2.45) is 12.8 Å². The molecule has 2 aromatic rings. The van der Waals surface area contributed by atoms with Crippen LogP contribution in [0.15, 0.2) is 12.1 Å². The molecule has 0 saturated heterocycles. The number of urea groups is 1. The van der Waals surface area contributed by atoms with Gasteiger partial charge in [-0.2, -0.15) is 10.1 Å². The van der Waals surface area contributed by atoms with E-state index in [0.717, 1.165) is 5.69 Å². The number of fused-ring (bicyclic) bond motifs is 1. The summed E-state index contributed by atoms with van der Waals surface area (Å²) in [6, 6.07) is 2.94. The first-order valence-electron chi connectivity index (χ1n) is 7.94. The van der Waals surface area contributed by atoms with Gasteiger partial charge in [0.05, 0.1) is 20.8 Å². The number of amides is 3. The number of nitrogens with one attached hydrogen (secondary N) is 1. The van der Waals surface area contributed by atoms with Crippen LogP contribution in [0.25, 0.3) is 0 Å². The molecule has 0 unspecified atom stereocenters. The van der Waals surface area contributed by atoms with Crippen LogP contribution in [0.1, 0.15) is 21.7 Å². The zero-order valence-corrected chi connectivity index (χ0v) is 14.8. The topological polar surface area (TPSA) is 125 Å². The largest absolute Gasteiger partial charge is 0.481 e. The maximum Gasteiger partial charge on any atom is 0.322 e. The third-order valence-electron chi connectivity index (χ3n) is 4.24. The summed E-state index contributed by atoms with van der Waals surface area (Å²) in [5.74, 6) is 0.0173. The van der Waals surface area contributed by atoms with E-state index in [1.165, 1.54) is 14.2 Å². The van der Waals surface area contributed by atoms with E-state index in [0.29, 0.717) is 30.1 Å². The maximum absolute atomic E-state index is 12.6. The molecule has 0 aliphatic carbocycles. The molecule has 0 saturated carbocycles. The molecule has 1 aliphatic heterocycles. The van der Waals surface area contributed by atoms with Crippen LogP contribution in [0.3, 0.4) is 0 Å². The Labute approximate surface area is 149 Å². The smallest absolute Gasteiger partial charge is 0.322 e. The number of anilines is 1. The Bertz CT molecular complexity index is 863. The van der Waals surface area contributed by atoms with Gasteiger partial charge in [0.25, 0.3) is 5.91 Å². The van der Waals surface area contributed by atoms with Gasteiger partial charge in [-0.3, -0.25) is 9.48 Å². The van der Waals surface area contributed by atoms with Gasteiger partial charge >= 0.3 is 6.03 Å². The van der Waals surface area contributed by atoms with Crippen LogP contribution in [0.4, 0.5) is 10.5 Å². The number of nitrogens with two attached hydrogens (primary N) is 1. The van der Waals surface area contributed by atoms with Crippen molar-refractivity contribution in [2.45, 2.75) is 13.0 Å². The van der Waals surface area contributed by atoms with Crippen molar-refractivity contribution in [3.63, 3.8) is 0 Å². The number of hydrogen-bond acceptors (Lipinski definition) is 6. The van der Waals surface area contributed by atoms with E-state index in [4.69, 9.17) is 15.2 Å². The van der Waals surface area contributed by atoms with Crippen LogP contribution in [0.5, 0.6) is 11.8 Å². The van der Waals surface area contributed by atoms with Crippen molar-refractivity contribution in [1.29, 1.82) is 0 Å². The quantitative estimate of drug-likeness (QED) is 0.819. The number of nitrogens with zero attached hydrogens (tertiary/aromatic N) is 4. The zero-order valence-electron chi connectivity index (χ0n) is 14.8. The Morgan fingerprint density at radius 1 is 1.27 bits per heavy atom. The Morgan fingerprint density at radius 2 is 2.04 bits per heavy atom. The molecule has 0 atom stereocenters. The molecule has 10 nitrogen and oxygen atoms in total. The predicted octanol–water partition coefficient (Wildman–Crippen LogP) is 0.521. The molecule has 0 radical (unpaired) electrons. The molecular formula is C16H20N6O4. The first-order chi connectivity index (χ1) is 12.4. The van der Waals surface area contributed by atoms with Gasteiger partial charge in [0.1, 0.15) is 5.69 Å². The van der Waals surface area contributed by atoms with Crippen LogP contribution in [-0.2, 0) is 20.0 Å². The number of primary amides is 1. The number of carbonyl (C=O) groups excluding carboxylic acids is 2. The Hall–Kier alpha value is -3.30. The summed E-state index contributed by atoms with van der Waals surface area (Å²) in [6.45, 7) is 0.738. The number of rotatable bonds is 4. The summed E-state index contributed by atoms with van der Waals surface area (Å²) in [5, 5.41) is 6.93. The normalized spacial score (nSPS) is 13.1. The summed E-state index contributed by atoms with van der Waals surface area (Å²) in [6.07, 6.45) is 0.581. The molecule has 0 aromatic carbocycles. The van der Waals surface area contributed by atoms with Gasteiger partial charge < -0.3 is 25.4 Å². The van der Waals surface area contributed by atoms with Crippen LogP contribution in [0, 0.1) is 0 Å². The van der Waals surface area contributed by atoms with Crippen LogP contribution in [0.2, 0.25) is 0 Å². The fourth-order valence-electron chi connectivity index (χ4n) is 2.95. The zero-order chi connectivity index (χ0) is 18.8. The summed E-state index contributed by atoms with van der Waals surface area (Å²) >= 11 is 0. The van der Waals surface area contributed by atoms with Crippen LogP contribution < -0.4 is 20.5 Å². The van der Waals surface area contributed by atoms with Gasteiger partial charge in [-0.15, -0.1) is 0 Å². The summed E-state index contributed by atoms with van der Waals surface area (Å²) < 4.78 is 11.9. The van der Waals surface area contributed by atoms with Gasteiger partial charge in [-0.05, 0) is 6.07 Å². The minimum atomic E-state index is -0.606. The lowest BCUT2D eigenvalue weighted by Crippen LogP contribution is -2.39. The summed E-state index contributed by atoms with van der Waals surface area (Å²) in [5.41, 5.74) is 7.60. The van der Waals surface area contributed by atoms with Gasteiger partial charge in [-0.25, -0.2) is 4.79 Å². The van der Waals surface area contributed by atoms with Crippen LogP contribution in [-0.4, -0.2) is 52.4 Å². The highest BCUT2D eigenvalue weighted by molar-refractivity contribution is 5.94. The molecule has 3 rings (SSSR count). The van der Waals surface area contributed by atoms with Crippen molar-refractivity contribution >= 4 is 17.6 Å². The van der Waals surface area contributed by atoms with Gasteiger partial charge in [0.15, 0.2) is 5.69 Å². The van der Waals surface area contributed by atoms with Crippen molar-refractivity contribution in [3.05, 3.63) is 29.1 Å². The second kappa shape index (κ2) is 6.90. The number of hydrogen-bond donors (Lipinski definition) is 2. The highest BCUT2D eigenvalue weighted by Crippen LogP contribution is 2.27. The first kappa shape index (κ1) is 17.5. The SMILES string of the molecule is COc1ccc(NC(=O)N2CCc3c(c(C(N)=O)nn3C)C2)c(OC)n1. The summed E-state index contributed by atoms with van der Waals surface area (Å²) in [7, 11) is 4.71. The number of carbonyl (C=O) groups is 2. The molecule has 3 amide bonds. The average Bonchev–Trinajstić information content (AvgIpc) is 2.98. The molecule has 2 aromatic heterocycles. The van der Waals surface area contributed by atoms with E-state index in [2.05, 4.69) is 15.4 Å². The Balaban J connectivity index is 1.79. The molecule has 0 spiro atoms. The minimum absolute atomic E-state index is 0.198. The molecule has 3 heterocycles. The number of methoxy groups -OCH3 is 2. The predicted molar refractivity (Wildman–Crippen MR) is 92.2 cm³/mol. The van der Waals surface area contributed by atoms with E-state index < -0.39 is 5.91 Å². The van der Waals surface area contributed by atoms with E-state index in [1.807, 2.05) is 0 Å². The molecule has 3 N–H and O–H groups in total. The average molecular weight is 360 g/mol. The van der Waals surface area contributed by atoms with E-state index in [9.17, 15) is 9.59 Å². The molecule has 138 valence electrons. The Morgan fingerprint density at radius 3 is 2.69 bits per heavy atom. The monoisotopic (exact) mass is 360 g/mol. The first-order valence-corrected chi connectivity index (χ1v) is 7.94. The van der Waals surface area contributed by atoms with Gasteiger partial charge in [0.2, 0.25) is 11.8 Å². The fourth-order valence-corrected chi connectivity index (χ4v) is 2.95. The van der Waals surface area contributed by atoms with Gasteiger partial charge in [-0.1, -0.05) is 0 Å². The number of aromatic nitrogens is 3. The van der Waals surface area contributed by atoms with Crippen molar-refractivity contribution < 1.29 is 19.1 Å². The van der Waals surface area contributed by atoms with E-state index >= 15 is 0 Å². The van der Waals surface area contributed by atoms with Gasteiger partial charge in [0, 0.05) is 37.3 Å². The number of ether oxygens (including phenoxy) is 2. The molecule has 10 heteroatoms. The van der Waals surface area contributed by atoms with Crippen molar-refractivity contribution in [3.8, 4) is 11.8 Å². The molecule has 0 fully saturated rings. The van der Waals surface area contributed by atoms with E-state index in [1.54, 1.807) is 28.8 Å². The van der Waals surface area contributed by atoms with Crippen molar-refractivity contribution in [2.75, 3.05) is 26.1 Å². The highest BCUT2D eigenvalue weighted by atomic mass is 16.5. The fraction of sp³-hybridized carbons (Fsp3) is 0.375. The minimum Gasteiger partial charge on any atom is -0.481 e. The lowest BCUT2D eigenvalue weighted by Gasteiger charge is -2.27. The standard InChI is InChI=1S/C16H20N6O4/c1-21-11-6-7-22(8-9(11)13(20-21)14(17)23)16(24)18-10-4-5-12(25-2)19-15(10)26-3/h4-5H,6-8H2,1-3H3,(H2,17,23)(H,18,24). The third-order valence-corrected chi connectivity index (χ3v) is 4.24. The molecular weight excluding hydrogens is 340 g/mol. The van der Waals surface area contributed by atoms with Crippen LogP contribution >= 0.6 is 0 Å². The molecule has 0 bridgehead atoms. The highest BCUT2D eigenvalue weighted by Gasteiger charge is 2.28.